The minimum absolute atomic E-state index is 0.0218. The first-order chi connectivity index (χ1) is 11.1. The Morgan fingerprint density at radius 2 is 2.17 bits per heavy atom. The van der Waals surface area contributed by atoms with Gasteiger partial charge in [0.05, 0.1) is 18.8 Å². The Morgan fingerprint density at radius 3 is 2.96 bits per heavy atom. The lowest BCUT2D eigenvalue weighted by molar-refractivity contribution is 0.0366. The van der Waals surface area contributed by atoms with Crippen LogP contribution in [0.1, 0.15) is 42.7 Å². The van der Waals surface area contributed by atoms with E-state index >= 15 is 0 Å². The summed E-state index contributed by atoms with van der Waals surface area (Å²) in [6, 6.07) is 11.4. The van der Waals surface area contributed by atoms with Crippen molar-refractivity contribution in [2.24, 2.45) is 0 Å². The standard InChI is InChI=1S/C18H22N2O3/c1-18(22,16-10-5-11-23-16)12-19-17(21)20-15-9-4-7-13-6-2-3-8-14(13)15/h2-3,5-6,8,10-11,15,22H,4,7,9,12H2,1H3,(H2,19,20,21)/t15-,18-/m0/s1. The molecule has 0 fully saturated rings. The van der Waals surface area contributed by atoms with Crippen molar-refractivity contribution in [2.45, 2.75) is 37.8 Å². The zero-order valence-electron chi connectivity index (χ0n) is 13.2. The average Bonchev–Trinajstić information content (AvgIpc) is 3.09. The van der Waals surface area contributed by atoms with Crippen molar-refractivity contribution < 1.29 is 14.3 Å². The van der Waals surface area contributed by atoms with E-state index in [1.54, 1.807) is 19.1 Å². The lowest BCUT2D eigenvalue weighted by atomic mass is 9.88. The molecule has 5 heteroatoms. The number of urea groups is 1. The van der Waals surface area contributed by atoms with Gasteiger partial charge in [0.1, 0.15) is 11.4 Å². The predicted molar refractivity (Wildman–Crippen MR) is 86.9 cm³/mol. The molecule has 1 aliphatic rings. The number of amides is 2. The largest absolute Gasteiger partial charge is 0.466 e. The van der Waals surface area contributed by atoms with Crippen molar-refractivity contribution in [1.29, 1.82) is 0 Å². The monoisotopic (exact) mass is 314 g/mol. The number of carbonyl (C=O) groups is 1. The average molecular weight is 314 g/mol. The molecule has 2 amide bonds. The van der Waals surface area contributed by atoms with Gasteiger partial charge in [0.15, 0.2) is 0 Å². The molecule has 0 saturated heterocycles. The lowest BCUT2D eigenvalue weighted by Crippen LogP contribution is -2.44. The maximum atomic E-state index is 12.2. The van der Waals surface area contributed by atoms with E-state index in [0.29, 0.717) is 5.76 Å². The molecule has 1 aliphatic carbocycles. The van der Waals surface area contributed by atoms with Crippen LogP contribution in [0, 0.1) is 0 Å². The van der Waals surface area contributed by atoms with Gasteiger partial charge in [0, 0.05) is 0 Å². The number of furan rings is 1. The molecule has 0 aliphatic heterocycles. The Bertz CT molecular complexity index is 665. The molecule has 3 rings (SSSR count). The molecule has 2 atom stereocenters. The number of hydrogen-bond donors (Lipinski definition) is 3. The van der Waals surface area contributed by atoms with Crippen molar-refractivity contribution in [3.05, 3.63) is 59.5 Å². The van der Waals surface area contributed by atoms with Crippen LogP contribution >= 0.6 is 0 Å². The van der Waals surface area contributed by atoms with Crippen molar-refractivity contribution in [3.63, 3.8) is 0 Å². The van der Waals surface area contributed by atoms with Gasteiger partial charge >= 0.3 is 6.03 Å². The first-order valence-corrected chi connectivity index (χ1v) is 7.95. The van der Waals surface area contributed by atoms with Gasteiger partial charge in [-0.15, -0.1) is 0 Å². The molecule has 5 nitrogen and oxygen atoms in total. The smallest absolute Gasteiger partial charge is 0.315 e. The quantitative estimate of drug-likeness (QED) is 0.812. The van der Waals surface area contributed by atoms with Crippen molar-refractivity contribution in [1.82, 2.24) is 10.6 Å². The molecule has 122 valence electrons. The molecule has 23 heavy (non-hydrogen) atoms. The number of benzene rings is 1. The fraction of sp³-hybridized carbons (Fsp3) is 0.389. The normalized spacial score (nSPS) is 19.5. The van der Waals surface area contributed by atoms with Crippen LogP contribution < -0.4 is 10.6 Å². The summed E-state index contributed by atoms with van der Waals surface area (Å²) in [5.74, 6) is 0.431. The summed E-state index contributed by atoms with van der Waals surface area (Å²) in [7, 11) is 0. The Kier molecular flexibility index (Phi) is 4.39. The first-order valence-electron chi connectivity index (χ1n) is 7.95. The minimum Gasteiger partial charge on any atom is -0.466 e. The second-order valence-corrected chi connectivity index (χ2v) is 6.22. The zero-order valence-corrected chi connectivity index (χ0v) is 13.2. The van der Waals surface area contributed by atoms with Gasteiger partial charge in [0.25, 0.3) is 0 Å². The van der Waals surface area contributed by atoms with Gasteiger partial charge in [-0.1, -0.05) is 24.3 Å². The second kappa shape index (κ2) is 6.46. The van der Waals surface area contributed by atoms with E-state index in [2.05, 4.69) is 22.8 Å². The molecule has 1 heterocycles. The van der Waals surface area contributed by atoms with Crippen LogP contribution in [0.3, 0.4) is 0 Å². The molecular weight excluding hydrogens is 292 g/mol. The molecule has 0 unspecified atom stereocenters. The summed E-state index contributed by atoms with van der Waals surface area (Å²) < 4.78 is 5.21. The fourth-order valence-corrected chi connectivity index (χ4v) is 3.04. The van der Waals surface area contributed by atoms with Gasteiger partial charge < -0.3 is 20.2 Å². The Balaban J connectivity index is 1.58. The number of nitrogens with one attached hydrogen (secondary N) is 2. The van der Waals surface area contributed by atoms with E-state index < -0.39 is 5.60 Å². The van der Waals surface area contributed by atoms with E-state index in [-0.39, 0.29) is 18.6 Å². The molecule has 0 saturated carbocycles. The SMILES string of the molecule is C[C@](O)(CNC(=O)N[C@H]1CCCc2ccccc21)c1ccco1. The van der Waals surface area contributed by atoms with E-state index in [9.17, 15) is 9.90 Å². The summed E-state index contributed by atoms with van der Waals surface area (Å²) in [5, 5.41) is 16.1. The van der Waals surface area contributed by atoms with Crippen LogP contribution in [0.25, 0.3) is 0 Å². The maximum Gasteiger partial charge on any atom is 0.315 e. The zero-order chi connectivity index (χ0) is 16.3. The van der Waals surface area contributed by atoms with Crippen LogP contribution in [-0.2, 0) is 12.0 Å². The summed E-state index contributed by atoms with van der Waals surface area (Å²) in [6.45, 7) is 1.70. The fourth-order valence-electron chi connectivity index (χ4n) is 3.04. The van der Waals surface area contributed by atoms with Crippen LogP contribution in [0.4, 0.5) is 4.79 Å². The number of aryl methyl sites for hydroxylation is 1. The molecule has 1 aromatic heterocycles. The highest BCUT2D eigenvalue weighted by Gasteiger charge is 2.27. The van der Waals surface area contributed by atoms with Gasteiger partial charge in [-0.25, -0.2) is 4.79 Å². The minimum atomic E-state index is -1.23. The third-order valence-corrected chi connectivity index (χ3v) is 4.32. The molecular formula is C18H22N2O3. The number of hydrogen-bond acceptors (Lipinski definition) is 3. The van der Waals surface area contributed by atoms with Gasteiger partial charge in [-0.2, -0.15) is 0 Å². The first kappa shape index (κ1) is 15.6. The van der Waals surface area contributed by atoms with Crippen molar-refractivity contribution >= 4 is 6.03 Å². The number of aliphatic hydroxyl groups is 1. The summed E-state index contributed by atoms with van der Waals surface area (Å²) in [5.41, 5.74) is 1.25. The van der Waals surface area contributed by atoms with Crippen LogP contribution in [0.2, 0.25) is 0 Å². The highest BCUT2D eigenvalue weighted by Crippen LogP contribution is 2.29. The third-order valence-electron chi connectivity index (χ3n) is 4.32. The van der Waals surface area contributed by atoms with Crippen molar-refractivity contribution in [2.75, 3.05) is 6.54 Å². The topological polar surface area (TPSA) is 74.5 Å². The van der Waals surface area contributed by atoms with Gasteiger partial charge in [-0.05, 0) is 49.4 Å². The third kappa shape index (κ3) is 3.56. The molecule has 0 spiro atoms. The summed E-state index contributed by atoms with van der Waals surface area (Å²) in [6.07, 6.45) is 4.55. The Hall–Kier alpha value is -2.27. The summed E-state index contributed by atoms with van der Waals surface area (Å²) in [4.78, 5) is 12.2. The van der Waals surface area contributed by atoms with Crippen LogP contribution in [0.5, 0.6) is 0 Å². The molecule has 3 N–H and O–H groups in total. The maximum absolute atomic E-state index is 12.2. The highest BCUT2D eigenvalue weighted by molar-refractivity contribution is 5.74. The van der Waals surface area contributed by atoms with Gasteiger partial charge in [0.2, 0.25) is 0 Å². The van der Waals surface area contributed by atoms with E-state index in [4.69, 9.17) is 4.42 Å². The summed E-state index contributed by atoms with van der Waals surface area (Å²) >= 11 is 0. The van der Waals surface area contributed by atoms with E-state index in [0.717, 1.165) is 19.3 Å². The molecule has 0 bridgehead atoms. The van der Waals surface area contributed by atoms with Gasteiger partial charge in [-0.3, -0.25) is 0 Å². The molecule has 2 aromatic rings. The number of fused-ring (bicyclic) bond motifs is 1. The van der Waals surface area contributed by atoms with Crippen LogP contribution in [0.15, 0.2) is 47.1 Å². The van der Waals surface area contributed by atoms with E-state index in [1.165, 1.54) is 17.4 Å². The molecule has 0 radical (unpaired) electrons. The lowest BCUT2D eigenvalue weighted by Gasteiger charge is -2.27. The van der Waals surface area contributed by atoms with E-state index in [1.807, 2.05) is 12.1 Å². The Labute approximate surface area is 135 Å². The molecule has 1 aromatic carbocycles. The Morgan fingerprint density at radius 1 is 1.35 bits per heavy atom. The predicted octanol–water partition coefficient (Wildman–Crippen LogP) is 2.86. The second-order valence-electron chi connectivity index (χ2n) is 6.22. The van der Waals surface area contributed by atoms with Crippen LogP contribution in [-0.4, -0.2) is 17.7 Å². The highest BCUT2D eigenvalue weighted by atomic mass is 16.4. The number of carbonyl (C=O) groups excluding carboxylic acids is 1. The number of rotatable bonds is 4. The van der Waals surface area contributed by atoms with Crippen molar-refractivity contribution in [3.8, 4) is 0 Å².